The number of nitrogens with two attached hydrogens (primary N) is 1. The lowest BCUT2D eigenvalue weighted by Crippen LogP contribution is -2.46. The van der Waals surface area contributed by atoms with Gasteiger partial charge in [0, 0.05) is 41.2 Å². The molecule has 0 saturated carbocycles. The van der Waals surface area contributed by atoms with Crippen LogP contribution in [0.2, 0.25) is 0 Å². The SMILES string of the molecule is [2H]C([2H])([2H])C(O)(CC(=O)O)CC(=O)SCCNC(=O)CCNC(=O)[C@H](O)C(C)(C)COP(=O)([O-])OP(=O)([O-])OCC1OC(n2cnc3c(N)ncnc32)C(O)C1OP(=O)([O-])O.[NH4+].[NH4+].[NH4+].[NH4+]. The van der Waals surface area contributed by atoms with Gasteiger partial charge in [-0.05, 0) is 6.85 Å². The van der Waals surface area contributed by atoms with E-state index in [9.17, 15) is 67.8 Å². The molecule has 0 aromatic carbocycles. The van der Waals surface area contributed by atoms with E-state index in [0.29, 0.717) is 11.8 Å². The lowest BCUT2D eigenvalue weighted by atomic mass is 9.87. The number of carboxylic acid groups (broad SMARTS) is 1. The van der Waals surface area contributed by atoms with Crippen molar-refractivity contribution in [3.05, 3.63) is 12.7 Å². The van der Waals surface area contributed by atoms with E-state index in [2.05, 4.69) is 43.5 Å². The van der Waals surface area contributed by atoms with Gasteiger partial charge in [-0.1, -0.05) is 25.6 Å². The third-order valence-corrected chi connectivity index (χ3v) is 11.5. The van der Waals surface area contributed by atoms with Crippen LogP contribution < -0.4 is 55.6 Å². The molecule has 1 fully saturated rings. The van der Waals surface area contributed by atoms with Gasteiger partial charge in [-0.2, -0.15) is 0 Å². The summed E-state index contributed by atoms with van der Waals surface area (Å²) in [7, 11) is -17.5. The van der Waals surface area contributed by atoms with Crippen molar-refractivity contribution in [2.75, 3.05) is 37.8 Å². The van der Waals surface area contributed by atoms with Gasteiger partial charge in [0.15, 0.2) is 22.8 Å². The number of amides is 2. The fourth-order valence-electron chi connectivity index (χ4n) is 4.88. The Labute approximate surface area is 361 Å². The van der Waals surface area contributed by atoms with Gasteiger partial charge < -0.3 is 99.3 Å². The van der Waals surface area contributed by atoms with Crippen LogP contribution in [0.5, 0.6) is 0 Å². The number of rotatable bonds is 23. The number of carbonyl (C=O) groups excluding carboxylic acids is 3. The number of nitrogens with one attached hydrogen (secondary N) is 2. The lowest BCUT2D eigenvalue weighted by Gasteiger charge is -2.35. The van der Waals surface area contributed by atoms with E-state index in [1.165, 1.54) is 0 Å². The zero-order valence-corrected chi connectivity index (χ0v) is 37.7. The number of hydrogen-bond donors (Lipinski definition) is 12. The van der Waals surface area contributed by atoms with Crippen LogP contribution in [0.3, 0.4) is 0 Å². The molecule has 62 heavy (non-hydrogen) atoms. The first-order valence-corrected chi connectivity index (χ1v) is 21.7. The lowest BCUT2D eigenvalue weighted by molar-refractivity contribution is -0.247. The van der Waals surface area contributed by atoms with Gasteiger partial charge in [0.05, 0.1) is 31.6 Å². The summed E-state index contributed by atoms with van der Waals surface area (Å²) >= 11 is 0.528. The van der Waals surface area contributed by atoms with Crippen molar-refractivity contribution in [2.24, 2.45) is 5.41 Å². The highest BCUT2D eigenvalue weighted by molar-refractivity contribution is 8.13. The standard InChI is InChI=1S/C27H44N7O20P3S.4H3N/c1-26(2,21(40)24(41)30-5-4-15(35)29-6-7-58-17(38)9-27(3,42)8-16(36)37)11-51-57(48,49)54-56(46,47)50-10-14-20(53-55(43,44)45)19(39)25(52-14)34-13-33-18-22(28)31-12-32-23(18)34;;;;/h12-14,19-21,25,39-40,42H,4-11H2,1-3H3,(H,29,35)(H,30,41)(H,36,37)(H,46,47)(H,48,49)(H2,28,31,32)(H2,43,44,45);4*1H3/p+1/t14?,19?,20?,21-,25?,27?;;;;/m0..../s1/i3D3;;;;. The van der Waals surface area contributed by atoms with Gasteiger partial charge in [-0.15, -0.1) is 0 Å². The molecule has 0 bridgehead atoms. The topological polar surface area (TPSA) is 576 Å². The first-order chi connectivity index (χ1) is 27.9. The molecular formula is C27H57N11O20P3S+. The van der Waals surface area contributed by atoms with Gasteiger partial charge >= 0.3 is 5.97 Å². The fourth-order valence-corrected chi connectivity index (χ4v) is 8.40. The van der Waals surface area contributed by atoms with E-state index in [1.807, 2.05) is 0 Å². The van der Waals surface area contributed by atoms with E-state index in [1.54, 1.807) is 0 Å². The van der Waals surface area contributed by atoms with E-state index in [-0.39, 0.29) is 66.8 Å². The van der Waals surface area contributed by atoms with Crippen molar-refractivity contribution < 1.29 is 99.6 Å². The smallest absolute Gasteiger partial charge is 0.306 e. The number of aliphatic hydroxyl groups excluding tert-OH is 2. The minimum absolute atomic E-state index is 0. The maximum atomic E-state index is 12.5. The molecule has 2 aromatic rings. The molecule has 0 aliphatic carbocycles. The van der Waals surface area contributed by atoms with Gasteiger partial charge in [-0.25, -0.2) is 19.3 Å². The minimum Gasteiger partial charge on any atom is -0.756 e. The Kier molecular flexibility index (Phi) is 22.0. The number of hydrogen-bond acceptors (Lipinski definition) is 23. The maximum Gasteiger partial charge on any atom is 0.306 e. The minimum atomic E-state index is -5.95. The Morgan fingerprint density at radius 2 is 1.68 bits per heavy atom. The molecule has 35 heteroatoms. The molecule has 3 rings (SSSR count). The summed E-state index contributed by atoms with van der Waals surface area (Å²) in [6.07, 6.45) is -10.1. The zero-order chi connectivity index (χ0) is 46.4. The molecule has 2 aromatic heterocycles. The van der Waals surface area contributed by atoms with E-state index in [0.717, 1.165) is 31.1 Å². The molecule has 3 heterocycles. The van der Waals surface area contributed by atoms with Crippen molar-refractivity contribution in [1.82, 2.24) is 54.8 Å². The highest BCUT2D eigenvalue weighted by atomic mass is 32.2. The molecule has 2 amide bonds. The number of nitrogen functional groups attached to an aromatic ring is 1. The van der Waals surface area contributed by atoms with Gasteiger partial charge in [0.1, 0.15) is 36.3 Å². The number of aromatic nitrogens is 4. The molecule has 360 valence electrons. The summed E-state index contributed by atoms with van der Waals surface area (Å²) in [4.78, 5) is 105. The second-order valence-electron chi connectivity index (χ2n) is 13.0. The molecule has 1 aliphatic rings. The summed E-state index contributed by atoms with van der Waals surface area (Å²) in [5.74, 6) is -3.60. The van der Waals surface area contributed by atoms with E-state index < -0.39 is 121 Å². The van der Waals surface area contributed by atoms with Crippen LogP contribution in [0.4, 0.5) is 5.82 Å². The third-order valence-electron chi connectivity index (χ3n) is 7.62. The summed E-state index contributed by atoms with van der Waals surface area (Å²) in [5, 5.41) is 44.2. The summed E-state index contributed by atoms with van der Waals surface area (Å²) in [6, 6.07) is 0. The van der Waals surface area contributed by atoms with Crippen molar-refractivity contribution in [3.8, 4) is 0 Å². The van der Waals surface area contributed by atoms with Gasteiger partial charge in [0.25, 0.3) is 23.5 Å². The normalized spacial score (nSPS) is 22.6. The van der Waals surface area contributed by atoms with Gasteiger partial charge in [0.2, 0.25) is 11.8 Å². The number of nitrogens with zero attached hydrogens (tertiary/aromatic N) is 4. The van der Waals surface area contributed by atoms with E-state index in [4.69, 9.17) is 19.7 Å². The molecule has 9 atom stereocenters. The number of phosphoric ester groups is 3. The molecule has 0 spiro atoms. The number of aliphatic hydroxyl groups is 3. The Hall–Kier alpha value is -3.17. The van der Waals surface area contributed by atoms with Crippen LogP contribution in [-0.4, -0.2) is 130 Å². The Morgan fingerprint density at radius 1 is 1.05 bits per heavy atom. The van der Waals surface area contributed by atoms with Crippen molar-refractivity contribution in [3.63, 3.8) is 0 Å². The van der Waals surface area contributed by atoms with Crippen LogP contribution in [0.25, 0.3) is 11.2 Å². The van der Waals surface area contributed by atoms with Crippen molar-refractivity contribution in [2.45, 2.75) is 76.2 Å². The Bertz CT molecular complexity index is 2070. The molecule has 1 saturated heterocycles. The average Bonchev–Trinajstić information content (AvgIpc) is 3.67. The number of quaternary nitrogens is 4. The molecule has 8 unspecified atom stereocenters. The first-order valence-electron chi connectivity index (χ1n) is 17.8. The number of ether oxygens (including phenoxy) is 1. The maximum absolute atomic E-state index is 12.5. The Balaban J connectivity index is 0. The second kappa shape index (κ2) is 24.8. The van der Waals surface area contributed by atoms with E-state index >= 15 is 0 Å². The Morgan fingerprint density at radius 3 is 2.27 bits per heavy atom. The third kappa shape index (κ3) is 18.9. The highest BCUT2D eigenvalue weighted by Crippen LogP contribution is 2.56. The summed E-state index contributed by atoms with van der Waals surface area (Å²) in [5.41, 5.74) is 1.15. The van der Waals surface area contributed by atoms with Crippen molar-refractivity contribution >= 4 is 75.1 Å². The number of aliphatic carboxylic acids is 1. The number of thioether (sulfide) groups is 1. The quantitative estimate of drug-likeness (QED) is 0.0419. The molecule has 0 radical (unpaired) electrons. The number of fused-ring (bicyclic) bond motifs is 1. The largest absolute Gasteiger partial charge is 0.756 e. The van der Waals surface area contributed by atoms with Crippen LogP contribution in [0, 0.1) is 5.41 Å². The first kappa shape index (κ1) is 55.0. The molecule has 1 aliphatic heterocycles. The van der Waals surface area contributed by atoms with Crippen LogP contribution in [0.1, 0.15) is 50.3 Å². The van der Waals surface area contributed by atoms with Crippen molar-refractivity contribution in [1.29, 1.82) is 0 Å². The second-order valence-corrected chi connectivity index (χ2v) is 18.3. The number of carboxylic acids is 1. The zero-order valence-electron chi connectivity index (χ0n) is 37.2. The number of anilines is 1. The summed E-state index contributed by atoms with van der Waals surface area (Å²) < 4.78 is 82.7. The number of imidazole rings is 1. The number of carbonyl (C=O) groups is 4. The average molecular weight is 984 g/mol. The molecular weight excluding hydrogens is 923 g/mol. The predicted octanol–water partition coefficient (Wildman–Crippen LogP) is -2.11. The highest BCUT2D eigenvalue weighted by Gasteiger charge is 2.48. The monoisotopic (exact) mass is 983 g/mol. The van der Waals surface area contributed by atoms with Crippen LogP contribution in [0.15, 0.2) is 12.7 Å². The summed E-state index contributed by atoms with van der Waals surface area (Å²) in [6.45, 7) is -3.76. The van der Waals surface area contributed by atoms with Crippen LogP contribution in [-0.2, 0) is 55.5 Å². The number of phosphoric acid groups is 3. The predicted molar refractivity (Wildman–Crippen MR) is 212 cm³/mol. The fraction of sp³-hybridized carbons (Fsp3) is 0.667. The molecule has 31 nitrogen and oxygen atoms in total. The van der Waals surface area contributed by atoms with Crippen LogP contribution >= 0.6 is 35.2 Å². The molecule has 25 N–H and O–H groups in total. The van der Waals surface area contributed by atoms with Gasteiger partial charge in [-0.3, -0.25) is 37.4 Å².